The Morgan fingerprint density at radius 1 is 1.24 bits per heavy atom. The highest BCUT2D eigenvalue weighted by molar-refractivity contribution is 9.10. The van der Waals surface area contributed by atoms with Gasteiger partial charge in [-0.1, -0.05) is 18.2 Å². The van der Waals surface area contributed by atoms with Crippen molar-refractivity contribution in [2.24, 2.45) is 0 Å². The molecule has 1 aromatic heterocycles. The molecule has 1 fully saturated rings. The SMILES string of the molecule is COC(=O)N(C1CCC(n2nc(Br)c3ccccc32)CC1)C(C)(C)C. The van der Waals surface area contributed by atoms with Crippen LogP contribution < -0.4 is 0 Å². The fourth-order valence-electron chi connectivity index (χ4n) is 3.96. The number of carbonyl (C=O) groups is 1. The van der Waals surface area contributed by atoms with Gasteiger partial charge in [0.2, 0.25) is 0 Å². The van der Waals surface area contributed by atoms with E-state index in [1.54, 1.807) is 0 Å². The zero-order valence-electron chi connectivity index (χ0n) is 15.3. The van der Waals surface area contributed by atoms with Crippen LogP contribution >= 0.6 is 15.9 Å². The van der Waals surface area contributed by atoms with Crippen molar-refractivity contribution in [1.29, 1.82) is 0 Å². The van der Waals surface area contributed by atoms with Crippen LogP contribution in [0.15, 0.2) is 28.9 Å². The molecule has 2 aromatic rings. The number of para-hydroxylation sites is 1. The second-order valence-corrected chi connectivity index (χ2v) is 8.48. The minimum Gasteiger partial charge on any atom is -0.453 e. The minimum absolute atomic E-state index is 0.217. The number of hydrogen-bond donors (Lipinski definition) is 0. The van der Waals surface area contributed by atoms with Crippen molar-refractivity contribution in [1.82, 2.24) is 14.7 Å². The lowest BCUT2D eigenvalue weighted by molar-refractivity contribution is 0.0398. The van der Waals surface area contributed by atoms with Crippen LogP contribution in [0.1, 0.15) is 52.5 Å². The largest absolute Gasteiger partial charge is 0.453 e. The maximum Gasteiger partial charge on any atom is 0.410 e. The molecule has 5 nitrogen and oxygen atoms in total. The second kappa shape index (κ2) is 6.98. The molecule has 1 aliphatic carbocycles. The molecule has 0 atom stereocenters. The van der Waals surface area contributed by atoms with Crippen LogP contribution in [0.5, 0.6) is 0 Å². The number of nitrogens with zero attached hydrogens (tertiary/aromatic N) is 3. The van der Waals surface area contributed by atoms with Crippen LogP contribution in [-0.4, -0.2) is 39.5 Å². The topological polar surface area (TPSA) is 47.4 Å². The van der Waals surface area contributed by atoms with E-state index in [-0.39, 0.29) is 17.7 Å². The first-order valence-corrected chi connectivity index (χ1v) is 9.62. The quantitative estimate of drug-likeness (QED) is 0.691. The van der Waals surface area contributed by atoms with Gasteiger partial charge in [-0.2, -0.15) is 5.10 Å². The number of fused-ring (bicyclic) bond motifs is 1. The van der Waals surface area contributed by atoms with Crippen LogP contribution in [0, 0.1) is 0 Å². The van der Waals surface area contributed by atoms with Gasteiger partial charge < -0.3 is 9.64 Å². The lowest BCUT2D eigenvalue weighted by atomic mass is 9.88. The highest BCUT2D eigenvalue weighted by atomic mass is 79.9. The van der Waals surface area contributed by atoms with Gasteiger partial charge in [0.25, 0.3) is 0 Å². The second-order valence-electron chi connectivity index (χ2n) is 7.73. The molecule has 0 spiro atoms. The molecule has 0 saturated heterocycles. The average molecular weight is 408 g/mol. The number of halogens is 1. The number of hydrogen-bond acceptors (Lipinski definition) is 3. The lowest BCUT2D eigenvalue weighted by Crippen LogP contribution is -2.52. The maximum atomic E-state index is 12.3. The summed E-state index contributed by atoms with van der Waals surface area (Å²) in [6.07, 6.45) is 3.70. The lowest BCUT2D eigenvalue weighted by Gasteiger charge is -2.43. The number of ether oxygens (including phenoxy) is 1. The molecule has 1 amide bonds. The van der Waals surface area contributed by atoms with E-state index in [0.29, 0.717) is 6.04 Å². The van der Waals surface area contributed by atoms with Gasteiger partial charge in [0.05, 0.1) is 18.7 Å². The standard InChI is InChI=1S/C19H26BrN3O2/c1-19(2,3)22(18(24)25-4)13-9-11-14(12-10-13)23-16-8-6-5-7-15(16)17(20)21-23/h5-8,13-14H,9-12H2,1-4H3. The third-order valence-corrected chi connectivity index (χ3v) is 5.63. The van der Waals surface area contributed by atoms with Crippen LogP contribution in [0.3, 0.4) is 0 Å². The fourth-order valence-corrected chi connectivity index (χ4v) is 4.46. The molecule has 0 bridgehead atoms. The maximum absolute atomic E-state index is 12.3. The molecule has 6 heteroatoms. The fraction of sp³-hybridized carbons (Fsp3) is 0.579. The predicted octanol–water partition coefficient (Wildman–Crippen LogP) is 5.15. The first-order chi connectivity index (χ1) is 11.8. The van der Waals surface area contributed by atoms with E-state index >= 15 is 0 Å². The third kappa shape index (κ3) is 3.54. The molecule has 0 unspecified atom stereocenters. The summed E-state index contributed by atoms with van der Waals surface area (Å²) in [7, 11) is 1.46. The van der Waals surface area contributed by atoms with Crippen molar-refractivity contribution < 1.29 is 9.53 Å². The predicted molar refractivity (Wildman–Crippen MR) is 103 cm³/mol. The zero-order chi connectivity index (χ0) is 18.2. The third-order valence-electron chi connectivity index (χ3n) is 5.04. The highest BCUT2D eigenvalue weighted by Gasteiger charge is 2.37. The van der Waals surface area contributed by atoms with Gasteiger partial charge in [0.1, 0.15) is 4.60 Å². The Morgan fingerprint density at radius 3 is 2.48 bits per heavy atom. The normalized spacial score (nSPS) is 21.3. The molecule has 136 valence electrons. The van der Waals surface area contributed by atoms with Gasteiger partial charge in [-0.05, 0) is 68.5 Å². The summed E-state index contributed by atoms with van der Waals surface area (Å²) >= 11 is 3.57. The Bertz CT molecular complexity index is 758. The molecule has 0 radical (unpaired) electrons. The summed E-state index contributed by atoms with van der Waals surface area (Å²) in [6.45, 7) is 6.19. The van der Waals surface area contributed by atoms with E-state index in [0.717, 1.165) is 35.7 Å². The van der Waals surface area contributed by atoms with Gasteiger partial charge in [-0.3, -0.25) is 4.68 Å². The van der Waals surface area contributed by atoms with Crippen molar-refractivity contribution in [3.63, 3.8) is 0 Å². The van der Waals surface area contributed by atoms with E-state index in [1.165, 1.54) is 12.6 Å². The summed E-state index contributed by atoms with van der Waals surface area (Å²) in [5.74, 6) is 0. The van der Waals surface area contributed by atoms with Crippen LogP contribution in [0.4, 0.5) is 4.79 Å². The minimum atomic E-state index is -0.244. The summed E-state index contributed by atoms with van der Waals surface area (Å²) in [6, 6.07) is 8.88. The van der Waals surface area contributed by atoms with Gasteiger partial charge in [-0.15, -0.1) is 0 Å². The van der Waals surface area contributed by atoms with Crippen molar-refractivity contribution >= 4 is 32.9 Å². The summed E-state index contributed by atoms with van der Waals surface area (Å²) in [5, 5.41) is 5.86. The highest BCUT2D eigenvalue weighted by Crippen LogP contribution is 2.36. The van der Waals surface area contributed by atoms with E-state index in [4.69, 9.17) is 9.84 Å². The first kappa shape index (κ1) is 18.2. The van der Waals surface area contributed by atoms with Gasteiger partial charge in [0.15, 0.2) is 0 Å². The first-order valence-electron chi connectivity index (χ1n) is 8.83. The van der Waals surface area contributed by atoms with Gasteiger partial charge in [-0.25, -0.2) is 4.79 Å². The molecule has 1 saturated carbocycles. The average Bonchev–Trinajstić information content (AvgIpc) is 2.92. The Kier molecular flexibility index (Phi) is 5.09. The Labute approximate surface area is 157 Å². The van der Waals surface area contributed by atoms with Crippen molar-refractivity contribution in [2.45, 2.75) is 64.1 Å². The van der Waals surface area contributed by atoms with Crippen LogP contribution in [-0.2, 0) is 4.74 Å². The summed E-state index contributed by atoms with van der Waals surface area (Å²) in [4.78, 5) is 14.2. The number of aromatic nitrogens is 2. The molecule has 1 aromatic carbocycles. The van der Waals surface area contributed by atoms with Crippen LogP contribution in [0.25, 0.3) is 10.9 Å². The van der Waals surface area contributed by atoms with E-state index < -0.39 is 0 Å². The van der Waals surface area contributed by atoms with Crippen molar-refractivity contribution in [2.75, 3.05) is 7.11 Å². The smallest absolute Gasteiger partial charge is 0.410 e. The Hall–Kier alpha value is -1.56. The number of benzene rings is 1. The Morgan fingerprint density at radius 2 is 1.88 bits per heavy atom. The van der Waals surface area contributed by atoms with E-state index in [9.17, 15) is 4.79 Å². The van der Waals surface area contributed by atoms with Gasteiger partial charge in [0, 0.05) is 17.0 Å². The van der Waals surface area contributed by atoms with Crippen LogP contribution in [0.2, 0.25) is 0 Å². The summed E-state index contributed by atoms with van der Waals surface area (Å²) in [5.41, 5.74) is 0.921. The zero-order valence-corrected chi connectivity index (χ0v) is 16.9. The number of amides is 1. The number of carbonyl (C=O) groups excluding carboxylic acids is 1. The molecule has 0 N–H and O–H groups in total. The molecular weight excluding hydrogens is 382 g/mol. The molecule has 1 aliphatic rings. The molecule has 25 heavy (non-hydrogen) atoms. The number of methoxy groups -OCH3 is 1. The van der Waals surface area contributed by atoms with E-state index in [1.807, 2.05) is 11.0 Å². The monoisotopic (exact) mass is 407 g/mol. The number of rotatable bonds is 2. The van der Waals surface area contributed by atoms with E-state index in [2.05, 4.69) is 59.6 Å². The molecule has 3 rings (SSSR count). The molecule has 1 heterocycles. The molecule has 0 aliphatic heterocycles. The summed E-state index contributed by atoms with van der Waals surface area (Å²) < 4.78 is 8.07. The Balaban J connectivity index is 1.78. The van der Waals surface area contributed by atoms with Crippen molar-refractivity contribution in [3.8, 4) is 0 Å². The van der Waals surface area contributed by atoms with Gasteiger partial charge >= 0.3 is 6.09 Å². The molecular formula is C19H26BrN3O2. The van der Waals surface area contributed by atoms with Crippen molar-refractivity contribution in [3.05, 3.63) is 28.9 Å².